The van der Waals surface area contributed by atoms with Gasteiger partial charge < -0.3 is 0 Å². The third-order valence-electron chi connectivity index (χ3n) is 3.50. The standard InChI is InChI=1S/C13H20N2O4S2/c1-15(2)21(18,19)14-8-7-11-5-6-13-12(10-11)4-3-9-20(13,16)17/h5-6,10,14H,3-4,7-9H2,1-2H3. The highest BCUT2D eigenvalue weighted by molar-refractivity contribution is 7.91. The van der Waals surface area contributed by atoms with E-state index in [9.17, 15) is 16.8 Å². The maximum absolute atomic E-state index is 11.9. The van der Waals surface area contributed by atoms with Crippen molar-refractivity contribution < 1.29 is 16.8 Å². The Balaban J connectivity index is 2.07. The molecule has 0 spiro atoms. The van der Waals surface area contributed by atoms with Gasteiger partial charge in [0.15, 0.2) is 9.84 Å². The van der Waals surface area contributed by atoms with Crippen molar-refractivity contribution in [1.29, 1.82) is 0 Å². The SMILES string of the molecule is CN(C)S(=O)(=O)NCCc1ccc2c(c1)CCCS2(=O)=O. The number of nitrogens with one attached hydrogen (secondary N) is 1. The highest BCUT2D eigenvalue weighted by Gasteiger charge is 2.23. The number of fused-ring (bicyclic) bond motifs is 1. The molecule has 0 atom stereocenters. The van der Waals surface area contributed by atoms with Crippen LogP contribution >= 0.6 is 0 Å². The van der Waals surface area contributed by atoms with E-state index in [2.05, 4.69) is 4.72 Å². The van der Waals surface area contributed by atoms with Crippen LogP contribution in [0, 0.1) is 0 Å². The lowest BCUT2D eigenvalue weighted by Gasteiger charge is -2.17. The van der Waals surface area contributed by atoms with Crippen LogP contribution in [0.3, 0.4) is 0 Å². The first-order valence-corrected chi connectivity index (χ1v) is 9.83. The lowest BCUT2D eigenvalue weighted by molar-refractivity contribution is 0.506. The molecule has 0 bridgehead atoms. The van der Waals surface area contributed by atoms with Gasteiger partial charge in [-0.3, -0.25) is 0 Å². The molecule has 1 aromatic rings. The van der Waals surface area contributed by atoms with Crippen molar-refractivity contribution in [3.8, 4) is 0 Å². The largest absolute Gasteiger partial charge is 0.278 e. The Kier molecular flexibility index (Phi) is 4.72. The van der Waals surface area contributed by atoms with Crippen molar-refractivity contribution >= 4 is 20.0 Å². The van der Waals surface area contributed by atoms with Gasteiger partial charge in [0, 0.05) is 20.6 Å². The second-order valence-corrected chi connectivity index (χ2v) is 9.34. The zero-order valence-corrected chi connectivity index (χ0v) is 13.8. The highest BCUT2D eigenvalue weighted by Crippen LogP contribution is 2.25. The van der Waals surface area contributed by atoms with Crippen LogP contribution in [-0.4, -0.2) is 47.5 Å². The third-order valence-corrected chi connectivity index (χ3v) is 6.92. The summed E-state index contributed by atoms with van der Waals surface area (Å²) in [6.45, 7) is 0.284. The molecule has 0 aliphatic carbocycles. The summed E-state index contributed by atoms with van der Waals surface area (Å²) < 4.78 is 50.6. The molecule has 8 heteroatoms. The van der Waals surface area contributed by atoms with Crippen LogP contribution in [-0.2, 0) is 32.9 Å². The lowest BCUT2D eigenvalue weighted by atomic mass is 10.0. The second-order valence-electron chi connectivity index (χ2n) is 5.30. The average molecular weight is 332 g/mol. The molecular formula is C13H20N2O4S2. The van der Waals surface area contributed by atoms with E-state index in [1.807, 2.05) is 6.07 Å². The fraction of sp³-hybridized carbons (Fsp3) is 0.538. The quantitative estimate of drug-likeness (QED) is 0.843. The van der Waals surface area contributed by atoms with Gasteiger partial charge in [0.25, 0.3) is 10.2 Å². The van der Waals surface area contributed by atoms with E-state index in [4.69, 9.17) is 0 Å². The van der Waals surface area contributed by atoms with Gasteiger partial charge in [-0.05, 0) is 36.5 Å². The van der Waals surface area contributed by atoms with Gasteiger partial charge in [0.1, 0.15) is 0 Å². The Bertz CT molecular complexity index is 725. The predicted octanol–water partition coefficient (Wildman–Crippen LogP) is 0.345. The molecule has 0 amide bonds. The van der Waals surface area contributed by atoms with Crippen molar-refractivity contribution in [2.24, 2.45) is 0 Å². The molecule has 0 saturated carbocycles. The molecule has 1 N–H and O–H groups in total. The molecule has 2 rings (SSSR count). The van der Waals surface area contributed by atoms with Crippen LogP contribution in [0.2, 0.25) is 0 Å². The molecule has 1 aliphatic heterocycles. The number of hydrogen-bond acceptors (Lipinski definition) is 4. The van der Waals surface area contributed by atoms with Crippen molar-refractivity contribution in [2.45, 2.75) is 24.2 Å². The number of hydrogen-bond donors (Lipinski definition) is 1. The van der Waals surface area contributed by atoms with Crippen LogP contribution < -0.4 is 4.72 Å². The molecule has 118 valence electrons. The van der Waals surface area contributed by atoms with E-state index in [-0.39, 0.29) is 12.3 Å². The Morgan fingerprint density at radius 1 is 1.29 bits per heavy atom. The van der Waals surface area contributed by atoms with E-state index < -0.39 is 20.0 Å². The molecule has 1 aromatic carbocycles. The lowest BCUT2D eigenvalue weighted by Crippen LogP contribution is -2.36. The summed E-state index contributed by atoms with van der Waals surface area (Å²) in [5, 5.41) is 0. The van der Waals surface area contributed by atoms with Crippen molar-refractivity contribution in [3.63, 3.8) is 0 Å². The minimum atomic E-state index is -3.42. The smallest absolute Gasteiger partial charge is 0.224 e. The minimum Gasteiger partial charge on any atom is -0.224 e. The van der Waals surface area contributed by atoms with Gasteiger partial charge in [-0.25, -0.2) is 13.1 Å². The van der Waals surface area contributed by atoms with Crippen molar-refractivity contribution in [1.82, 2.24) is 9.03 Å². The number of nitrogens with zero attached hydrogens (tertiary/aromatic N) is 1. The van der Waals surface area contributed by atoms with Gasteiger partial charge in [0.2, 0.25) is 0 Å². The van der Waals surface area contributed by atoms with Crippen LogP contribution in [0.25, 0.3) is 0 Å². The first-order valence-electron chi connectivity index (χ1n) is 6.74. The number of benzene rings is 1. The van der Waals surface area contributed by atoms with E-state index in [0.29, 0.717) is 17.7 Å². The Hall–Kier alpha value is -0.960. The van der Waals surface area contributed by atoms with Crippen molar-refractivity contribution in [3.05, 3.63) is 29.3 Å². The molecule has 0 unspecified atom stereocenters. The number of aryl methyl sites for hydroxylation is 1. The Morgan fingerprint density at radius 3 is 2.67 bits per heavy atom. The van der Waals surface area contributed by atoms with Gasteiger partial charge >= 0.3 is 0 Å². The van der Waals surface area contributed by atoms with Crippen molar-refractivity contribution in [2.75, 3.05) is 26.4 Å². The monoisotopic (exact) mass is 332 g/mol. The molecule has 0 saturated heterocycles. The summed E-state index contributed by atoms with van der Waals surface area (Å²) in [4.78, 5) is 0.423. The second kappa shape index (κ2) is 6.04. The van der Waals surface area contributed by atoms with Crippen LogP contribution in [0.5, 0.6) is 0 Å². The molecule has 1 aliphatic rings. The molecule has 0 fully saturated rings. The van der Waals surface area contributed by atoms with E-state index in [1.165, 1.54) is 14.1 Å². The number of sulfone groups is 1. The summed E-state index contributed by atoms with van der Waals surface area (Å²) in [7, 11) is -3.62. The third kappa shape index (κ3) is 3.82. The zero-order valence-electron chi connectivity index (χ0n) is 12.2. The Morgan fingerprint density at radius 2 is 2.00 bits per heavy atom. The highest BCUT2D eigenvalue weighted by atomic mass is 32.2. The van der Waals surface area contributed by atoms with Gasteiger partial charge in [-0.1, -0.05) is 12.1 Å². The molecule has 6 nitrogen and oxygen atoms in total. The fourth-order valence-electron chi connectivity index (χ4n) is 2.30. The summed E-state index contributed by atoms with van der Waals surface area (Å²) in [5.41, 5.74) is 1.78. The molecule has 21 heavy (non-hydrogen) atoms. The van der Waals surface area contributed by atoms with Crippen LogP contribution in [0.1, 0.15) is 17.5 Å². The summed E-state index contributed by atoms with van der Waals surface area (Å²) >= 11 is 0. The van der Waals surface area contributed by atoms with Gasteiger partial charge in [0.05, 0.1) is 10.6 Å². The summed E-state index contributed by atoms with van der Waals surface area (Å²) in [6.07, 6.45) is 1.93. The van der Waals surface area contributed by atoms with Crippen LogP contribution in [0.4, 0.5) is 0 Å². The Labute approximate surface area is 126 Å². The minimum absolute atomic E-state index is 0.210. The van der Waals surface area contributed by atoms with Gasteiger partial charge in [-0.2, -0.15) is 12.7 Å². The van der Waals surface area contributed by atoms with E-state index in [1.54, 1.807) is 12.1 Å². The topological polar surface area (TPSA) is 83.6 Å². The first kappa shape index (κ1) is 16.4. The fourth-order valence-corrected chi connectivity index (χ4v) is 4.50. The maximum Gasteiger partial charge on any atom is 0.278 e. The van der Waals surface area contributed by atoms with E-state index >= 15 is 0 Å². The van der Waals surface area contributed by atoms with E-state index in [0.717, 1.165) is 21.9 Å². The molecular weight excluding hydrogens is 312 g/mol. The number of rotatable bonds is 5. The van der Waals surface area contributed by atoms with Crippen LogP contribution in [0.15, 0.2) is 23.1 Å². The van der Waals surface area contributed by atoms with Gasteiger partial charge in [-0.15, -0.1) is 0 Å². The predicted molar refractivity (Wildman–Crippen MR) is 81.1 cm³/mol. The zero-order chi connectivity index (χ0) is 15.7. The molecule has 0 radical (unpaired) electrons. The normalized spacial score (nSPS) is 17.7. The maximum atomic E-state index is 11.9. The summed E-state index contributed by atoms with van der Waals surface area (Å²) in [6, 6.07) is 5.27. The summed E-state index contributed by atoms with van der Waals surface area (Å²) in [5.74, 6) is 0.210. The first-order chi connectivity index (χ1) is 9.72. The molecule has 0 aromatic heterocycles. The average Bonchev–Trinajstić information content (AvgIpc) is 2.37. The molecule has 1 heterocycles.